The lowest BCUT2D eigenvalue weighted by Gasteiger charge is -2.10. The Hall–Kier alpha value is -1.32. The highest BCUT2D eigenvalue weighted by Gasteiger charge is 2.04. The van der Waals surface area contributed by atoms with Gasteiger partial charge in [0.25, 0.3) is 0 Å². The van der Waals surface area contributed by atoms with Crippen molar-refractivity contribution in [3.8, 4) is 0 Å². The summed E-state index contributed by atoms with van der Waals surface area (Å²) in [6.45, 7) is 4.58. The van der Waals surface area contributed by atoms with Crippen molar-refractivity contribution in [2.45, 2.75) is 20.3 Å². The highest BCUT2D eigenvalue weighted by Crippen LogP contribution is 2.17. The summed E-state index contributed by atoms with van der Waals surface area (Å²) in [5.74, 6) is 0.149. The van der Waals surface area contributed by atoms with Crippen LogP contribution in [0.3, 0.4) is 0 Å². The van der Waals surface area contributed by atoms with Crippen LogP contribution in [0.15, 0.2) is 30.3 Å². The van der Waals surface area contributed by atoms with E-state index in [1.807, 2.05) is 32.0 Å². The molecule has 1 unspecified atom stereocenters. The lowest BCUT2D eigenvalue weighted by atomic mass is 10.1. The highest BCUT2D eigenvalue weighted by atomic mass is 35.5. The summed E-state index contributed by atoms with van der Waals surface area (Å²) in [6, 6.07) is 7.40. The zero-order valence-electron chi connectivity index (χ0n) is 11.3. The molecule has 0 radical (unpaired) electrons. The summed E-state index contributed by atoms with van der Waals surface area (Å²) in [6.07, 6.45) is 2.26. The first kappa shape index (κ1) is 15.7. The molecule has 0 aliphatic carbocycles. The van der Waals surface area contributed by atoms with E-state index in [1.165, 1.54) is 0 Å². The van der Waals surface area contributed by atoms with E-state index in [-0.39, 0.29) is 18.4 Å². The molecule has 19 heavy (non-hydrogen) atoms. The summed E-state index contributed by atoms with van der Waals surface area (Å²) < 4.78 is 0. The number of carbonyl (C=O) groups is 1. The van der Waals surface area contributed by atoms with Crippen LogP contribution >= 0.6 is 11.6 Å². The standard InChI is InChI=1S/C15H20ClNO2/c1-11(6-7-18)10-17-15(19)8-12(2)13-4-3-5-14(16)9-13/h3-5,8-9,11,18H,6-7,10H2,1-2H3,(H,17,19)/b12-8-. The molecule has 1 aromatic rings. The molecule has 0 aliphatic heterocycles. The molecule has 0 heterocycles. The van der Waals surface area contributed by atoms with E-state index < -0.39 is 0 Å². The summed E-state index contributed by atoms with van der Waals surface area (Å²) in [5.41, 5.74) is 1.81. The molecule has 104 valence electrons. The van der Waals surface area contributed by atoms with Crippen LogP contribution < -0.4 is 5.32 Å². The molecule has 0 saturated heterocycles. The number of aliphatic hydroxyl groups is 1. The second-order valence-corrected chi connectivity index (χ2v) is 5.14. The highest BCUT2D eigenvalue weighted by molar-refractivity contribution is 6.30. The Labute approximate surface area is 119 Å². The van der Waals surface area contributed by atoms with Gasteiger partial charge in [0.2, 0.25) is 5.91 Å². The molecule has 0 aliphatic rings. The van der Waals surface area contributed by atoms with Crippen molar-refractivity contribution in [3.05, 3.63) is 40.9 Å². The molecule has 3 nitrogen and oxygen atoms in total. The SMILES string of the molecule is C/C(=C/C(=O)NCC(C)CCO)c1cccc(Cl)c1. The van der Waals surface area contributed by atoms with Crippen LogP contribution in [0.2, 0.25) is 5.02 Å². The zero-order valence-corrected chi connectivity index (χ0v) is 12.1. The van der Waals surface area contributed by atoms with E-state index in [2.05, 4.69) is 5.32 Å². The molecule has 0 fully saturated rings. The Morgan fingerprint density at radius 2 is 2.26 bits per heavy atom. The number of hydrogen-bond donors (Lipinski definition) is 2. The molecule has 0 saturated carbocycles. The Balaban J connectivity index is 2.56. The summed E-state index contributed by atoms with van der Waals surface area (Å²) in [7, 11) is 0. The van der Waals surface area contributed by atoms with Crippen molar-refractivity contribution in [1.29, 1.82) is 0 Å². The lowest BCUT2D eigenvalue weighted by molar-refractivity contribution is -0.116. The molecule has 4 heteroatoms. The molecular weight excluding hydrogens is 262 g/mol. The fourth-order valence-corrected chi connectivity index (χ4v) is 1.85. The van der Waals surface area contributed by atoms with Crippen LogP contribution in [-0.2, 0) is 4.79 Å². The Morgan fingerprint density at radius 1 is 1.53 bits per heavy atom. The van der Waals surface area contributed by atoms with Gasteiger partial charge in [-0.25, -0.2) is 0 Å². The van der Waals surface area contributed by atoms with Crippen molar-refractivity contribution < 1.29 is 9.90 Å². The predicted octanol–water partition coefficient (Wildman–Crippen LogP) is 2.88. The number of halogens is 1. The Bertz CT molecular complexity index is 457. The number of rotatable bonds is 6. The van der Waals surface area contributed by atoms with E-state index in [1.54, 1.807) is 12.1 Å². The van der Waals surface area contributed by atoms with E-state index in [4.69, 9.17) is 16.7 Å². The van der Waals surface area contributed by atoms with Gasteiger partial charge in [0, 0.05) is 24.3 Å². The van der Waals surface area contributed by atoms with Crippen LogP contribution in [0.4, 0.5) is 0 Å². The molecule has 0 bridgehead atoms. The molecule has 1 aromatic carbocycles. The van der Waals surface area contributed by atoms with Gasteiger partial charge in [-0.15, -0.1) is 0 Å². The maximum Gasteiger partial charge on any atom is 0.244 e. The minimum atomic E-state index is -0.123. The summed E-state index contributed by atoms with van der Waals surface area (Å²) in [5, 5.41) is 12.3. The third-order valence-corrected chi connectivity index (χ3v) is 3.11. The monoisotopic (exact) mass is 281 g/mol. The fourth-order valence-electron chi connectivity index (χ4n) is 1.66. The van der Waals surface area contributed by atoms with Gasteiger partial charge in [0.05, 0.1) is 0 Å². The second-order valence-electron chi connectivity index (χ2n) is 4.70. The fraction of sp³-hybridized carbons (Fsp3) is 0.400. The molecule has 0 spiro atoms. The first-order valence-electron chi connectivity index (χ1n) is 6.36. The van der Waals surface area contributed by atoms with Crippen molar-refractivity contribution >= 4 is 23.1 Å². The van der Waals surface area contributed by atoms with Crippen molar-refractivity contribution in [2.24, 2.45) is 5.92 Å². The van der Waals surface area contributed by atoms with Crippen LogP contribution in [0.25, 0.3) is 5.57 Å². The second kappa shape index (κ2) is 7.97. The van der Waals surface area contributed by atoms with Gasteiger partial charge in [0.1, 0.15) is 0 Å². The van der Waals surface area contributed by atoms with Crippen molar-refractivity contribution in [1.82, 2.24) is 5.32 Å². The van der Waals surface area contributed by atoms with Crippen LogP contribution in [0.5, 0.6) is 0 Å². The van der Waals surface area contributed by atoms with Crippen molar-refractivity contribution in [2.75, 3.05) is 13.2 Å². The number of aliphatic hydroxyl groups excluding tert-OH is 1. The molecule has 1 amide bonds. The van der Waals surface area contributed by atoms with Gasteiger partial charge < -0.3 is 10.4 Å². The Morgan fingerprint density at radius 3 is 2.89 bits per heavy atom. The zero-order chi connectivity index (χ0) is 14.3. The number of hydrogen-bond acceptors (Lipinski definition) is 2. The smallest absolute Gasteiger partial charge is 0.244 e. The van der Waals surface area contributed by atoms with Crippen molar-refractivity contribution in [3.63, 3.8) is 0 Å². The first-order chi connectivity index (χ1) is 9.02. The maximum atomic E-state index is 11.7. The van der Waals surface area contributed by atoms with E-state index in [0.29, 0.717) is 18.0 Å². The number of nitrogens with one attached hydrogen (secondary N) is 1. The van der Waals surface area contributed by atoms with Crippen LogP contribution in [-0.4, -0.2) is 24.2 Å². The Kier molecular flexibility index (Phi) is 6.60. The molecule has 2 N–H and O–H groups in total. The first-order valence-corrected chi connectivity index (χ1v) is 6.73. The summed E-state index contributed by atoms with van der Waals surface area (Å²) in [4.78, 5) is 11.7. The largest absolute Gasteiger partial charge is 0.396 e. The van der Waals surface area contributed by atoms with E-state index >= 15 is 0 Å². The molecular formula is C15H20ClNO2. The normalized spacial score (nSPS) is 13.2. The summed E-state index contributed by atoms with van der Waals surface area (Å²) >= 11 is 5.91. The quantitative estimate of drug-likeness (QED) is 0.788. The predicted molar refractivity (Wildman–Crippen MR) is 79.0 cm³/mol. The molecule has 1 atom stereocenters. The average Bonchev–Trinajstić information content (AvgIpc) is 2.36. The van der Waals surface area contributed by atoms with Crippen LogP contribution in [0, 0.1) is 5.92 Å². The lowest BCUT2D eigenvalue weighted by Crippen LogP contribution is -2.27. The van der Waals surface area contributed by atoms with Gasteiger partial charge in [-0.1, -0.05) is 30.7 Å². The number of carbonyl (C=O) groups excluding carboxylic acids is 1. The molecule has 1 rings (SSSR count). The maximum absolute atomic E-state index is 11.7. The van der Waals surface area contributed by atoms with E-state index in [0.717, 1.165) is 11.1 Å². The van der Waals surface area contributed by atoms with Gasteiger partial charge in [-0.3, -0.25) is 4.79 Å². The molecule has 0 aromatic heterocycles. The van der Waals surface area contributed by atoms with Crippen LogP contribution in [0.1, 0.15) is 25.8 Å². The number of allylic oxidation sites excluding steroid dienone is 1. The van der Waals surface area contributed by atoms with Gasteiger partial charge in [-0.05, 0) is 42.5 Å². The minimum absolute atomic E-state index is 0.123. The minimum Gasteiger partial charge on any atom is -0.396 e. The third-order valence-electron chi connectivity index (χ3n) is 2.87. The van der Waals surface area contributed by atoms with Gasteiger partial charge >= 0.3 is 0 Å². The number of amides is 1. The average molecular weight is 282 g/mol. The third kappa shape index (κ3) is 5.90. The van der Waals surface area contributed by atoms with E-state index in [9.17, 15) is 4.79 Å². The van der Waals surface area contributed by atoms with Gasteiger partial charge in [-0.2, -0.15) is 0 Å². The van der Waals surface area contributed by atoms with Gasteiger partial charge in [0.15, 0.2) is 0 Å². The topological polar surface area (TPSA) is 49.3 Å². The number of benzene rings is 1.